The summed E-state index contributed by atoms with van der Waals surface area (Å²) in [7, 11) is 0. The molecule has 4 rings (SSSR count). The van der Waals surface area contributed by atoms with Crippen LogP contribution in [0.25, 0.3) is 11.0 Å². The monoisotopic (exact) mass is 408 g/mol. The number of quaternary nitrogens is 1. The number of ether oxygens (including phenoxy) is 1. The minimum absolute atomic E-state index is 0.185. The first-order valence-electron chi connectivity index (χ1n) is 10.8. The quantitative estimate of drug-likeness (QED) is 0.680. The molecule has 0 radical (unpaired) electrons. The minimum Gasteiger partial charge on any atom is -0.507 e. The summed E-state index contributed by atoms with van der Waals surface area (Å²) >= 11 is 0. The lowest BCUT2D eigenvalue weighted by Crippen LogP contribution is -3.10. The lowest BCUT2D eigenvalue weighted by Gasteiger charge is -2.19. The fourth-order valence-corrected chi connectivity index (χ4v) is 4.45. The number of hydrogen-bond donors (Lipinski definition) is 2. The Morgan fingerprint density at radius 1 is 1.00 bits per heavy atom. The smallest absolute Gasteiger partial charge is 0.235 e. The van der Waals surface area contributed by atoms with E-state index in [2.05, 4.69) is 6.07 Å². The van der Waals surface area contributed by atoms with Crippen LogP contribution in [-0.2, 0) is 6.54 Å². The SMILES string of the molecule is Cc1cc(C)cc(Oc2c(C)oc3c(C[NH+]4CCCCCC4)c(O)ccc3c2=O)c1. The molecule has 0 bridgehead atoms. The zero-order valence-corrected chi connectivity index (χ0v) is 18.0. The lowest BCUT2D eigenvalue weighted by molar-refractivity contribution is -0.913. The van der Waals surface area contributed by atoms with E-state index in [1.165, 1.54) is 30.6 Å². The van der Waals surface area contributed by atoms with E-state index >= 15 is 0 Å². The molecule has 5 heteroatoms. The number of phenols is 1. The van der Waals surface area contributed by atoms with Gasteiger partial charge < -0.3 is 19.2 Å². The Morgan fingerprint density at radius 2 is 1.67 bits per heavy atom. The molecule has 0 aliphatic carbocycles. The van der Waals surface area contributed by atoms with E-state index in [0.717, 1.165) is 24.2 Å². The Morgan fingerprint density at radius 3 is 2.33 bits per heavy atom. The molecule has 0 saturated carbocycles. The molecule has 2 N–H and O–H groups in total. The average molecular weight is 409 g/mol. The number of aryl methyl sites for hydroxylation is 3. The largest absolute Gasteiger partial charge is 0.507 e. The molecule has 5 nitrogen and oxygen atoms in total. The van der Waals surface area contributed by atoms with Gasteiger partial charge in [-0.1, -0.05) is 6.07 Å². The van der Waals surface area contributed by atoms with Crippen molar-refractivity contribution in [1.82, 2.24) is 0 Å². The third-order valence-corrected chi connectivity index (χ3v) is 5.91. The molecule has 0 spiro atoms. The van der Waals surface area contributed by atoms with Crippen LogP contribution >= 0.6 is 0 Å². The van der Waals surface area contributed by atoms with E-state index in [4.69, 9.17) is 9.15 Å². The van der Waals surface area contributed by atoms with Gasteiger partial charge >= 0.3 is 0 Å². The van der Waals surface area contributed by atoms with Crippen LogP contribution in [0.4, 0.5) is 0 Å². The third kappa shape index (κ3) is 4.21. The topological polar surface area (TPSA) is 64.1 Å². The van der Waals surface area contributed by atoms with E-state index < -0.39 is 0 Å². The van der Waals surface area contributed by atoms with Crippen LogP contribution in [0.1, 0.15) is 48.1 Å². The van der Waals surface area contributed by atoms with Gasteiger partial charge in [-0.25, -0.2) is 0 Å². The normalized spacial score (nSPS) is 15.3. The van der Waals surface area contributed by atoms with Gasteiger partial charge in [0.15, 0.2) is 5.58 Å². The number of fused-ring (bicyclic) bond motifs is 1. The highest BCUT2D eigenvalue weighted by atomic mass is 16.5. The van der Waals surface area contributed by atoms with Crippen molar-refractivity contribution in [3.63, 3.8) is 0 Å². The molecule has 30 heavy (non-hydrogen) atoms. The van der Waals surface area contributed by atoms with Crippen molar-refractivity contribution in [3.8, 4) is 17.2 Å². The molecular weight excluding hydrogens is 378 g/mol. The molecule has 1 aliphatic rings. The highest BCUT2D eigenvalue weighted by Gasteiger charge is 2.22. The molecule has 2 aromatic carbocycles. The minimum atomic E-state index is -0.208. The lowest BCUT2D eigenvalue weighted by atomic mass is 10.1. The third-order valence-electron chi connectivity index (χ3n) is 5.91. The maximum atomic E-state index is 13.3. The molecule has 3 aromatic rings. The Kier molecular flexibility index (Phi) is 5.82. The van der Waals surface area contributed by atoms with Crippen molar-refractivity contribution >= 4 is 11.0 Å². The molecule has 1 saturated heterocycles. The number of phenolic OH excluding ortho intramolecular Hbond substituents is 1. The van der Waals surface area contributed by atoms with Gasteiger partial charge in [-0.3, -0.25) is 4.79 Å². The molecule has 1 aromatic heterocycles. The number of benzene rings is 2. The Bertz CT molecular complexity index is 1100. The van der Waals surface area contributed by atoms with Gasteiger partial charge in [0, 0.05) is 0 Å². The van der Waals surface area contributed by atoms with Gasteiger partial charge in [0.1, 0.15) is 23.8 Å². The van der Waals surface area contributed by atoms with Crippen LogP contribution in [0, 0.1) is 20.8 Å². The summed E-state index contributed by atoms with van der Waals surface area (Å²) in [5.41, 5.74) is 3.12. The van der Waals surface area contributed by atoms with Gasteiger partial charge in [0.05, 0.1) is 24.0 Å². The number of hydrogen-bond acceptors (Lipinski definition) is 4. The summed E-state index contributed by atoms with van der Waals surface area (Å²) in [6.07, 6.45) is 4.91. The summed E-state index contributed by atoms with van der Waals surface area (Å²) in [4.78, 5) is 14.7. The van der Waals surface area contributed by atoms with E-state index in [1.54, 1.807) is 19.1 Å². The summed E-state index contributed by atoms with van der Waals surface area (Å²) < 4.78 is 12.1. The number of rotatable bonds is 4. The maximum Gasteiger partial charge on any atom is 0.235 e. The Labute approximate surface area is 176 Å². The molecule has 1 fully saturated rings. The zero-order valence-electron chi connectivity index (χ0n) is 18.0. The molecule has 1 aliphatic heterocycles. The average Bonchev–Trinajstić information content (AvgIpc) is 2.95. The predicted octanol–water partition coefficient (Wildman–Crippen LogP) is 4.18. The van der Waals surface area contributed by atoms with Crippen molar-refractivity contribution in [1.29, 1.82) is 0 Å². The fourth-order valence-electron chi connectivity index (χ4n) is 4.45. The van der Waals surface area contributed by atoms with Gasteiger partial charge in [-0.05, 0) is 81.8 Å². The first-order chi connectivity index (χ1) is 14.4. The van der Waals surface area contributed by atoms with Crippen molar-refractivity contribution in [2.45, 2.75) is 53.0 Å². The van der Waals surface area contributed by atoms with Crippen LogP contribution in [-0.4, -0.2) is 18.2 Å². The van der Waals surface area contributed by atoms with Gasteiger partial charge in [0.2, 0.25) is 11.2 Å². The van der Waals surface area contributed by atoms with Crippen LogP contribution in [0.5, 0.6) is 17.2 Å². The molecule has 0 unspecified atom stereocenters. The van der Waals surface area contributed by atoms with Crippen LogP contribution in [0.2, 0.25) is 0 Å². The van der Waals surface area contributed by atoms with Crippen molar-refractivity contribution in [2.75, 3.05) is 13.1 Å². The first kappa shape index (κ1) is 20.5. The highest BCUT2D eigenvalue weighted by molar-refractivity contribution is 5.83. The predicted molar refractivity (Wildman–Crippen MR) is 118 cm³/mol. The molecule has 158 valence electrons. The van der Waals surface area contributed by atoms with Gasteiger partial charge in [0.25, 0.3) is 0 Å². The van der Waals surface area contributed by atoms with E-state index in [9.17, 15) is 9.90 Å². The van der Waals surface area contributed by atoms with Gasteiger partial charge in [-0.15, -0.1) is 0 Å². The van der Waals surface area contributed by atoms with E-state index in [0.29, 0.717) is 34.6 Å². The number of aromatic hydroxyl groups is 1. The molecule has 0 atom stereocenters. The molecule has 2 heterocycles. The van der Waals surface area contributed by atoms with E-state index in [-0.39, 0.29) is 16.9 Å². The van der Waals surface area contributed by atoms with Crippen molar-refractivity contribution < 1.29 is 19.2 Å². The second kappa shape index (κ2) is 8.52. The first-order valence-corrected chi connectivity index (χ1v) is 10.8. The number of likely N-dealkylation sites (tertiary alicyclic amines) is 1. The second-order valence-electron chi connectivity index (χ2n) is 8.52. The summed E-state index contributed by atoms with van der Waals surface area (Å²) in [5, 5.41) is 11.0. The van der Waals surface area contributed by atoms with Crippen molar-refractivity contribution in [3.05, 3.63) is 63.0 Å². The van der Waals surface area contributed by atoms with Gasteiger partial charge in [-0.2, -0.15) is 0 Å². The summed E-state index contributed by atoms with van der Waals surface area (Å²) in [5.74, 6) is 1.43. The maximum absolute atomic E-state index is 13.3. The molecular formula is C25H30NO4+. The van der Waals surface area contributed by atoms with Crippen molar-refractivity contribution in [2.24, 2.45) is 0 Å². The standard InChI is InChI=1S/C25H29NO4/c1-16-12-17(2)14-19(13-16)30-24-18(3)29-25-20(23(24)28)8-9-22(27)21(25)15-26-10-6-4-5-7-11-26/h8-9,12-14,27H,4-7,10-11,15H2,1-3H3/p+1. The second-order valence-corrected chi connectivity index (χ2v) is 8.52. The van der Waals surface area contributed by atoms with Crippen LogP contribution < -0.4 is 15.1 Å². The van der Waals surface area contributed by atoms with Crippen LogP contribution in [0.15, 0.2) is 39.5 Å². The summed E-state index contributed by atoms with van der Waals surface area (Å²) in [6.45, 7) is 8.54. The number of nitrogens with one attached hydrogen (secondary N) is 1. The Hall–Kier alpha value is -2.79. The van der Waals surface area contributed by atoms with Crippen LogP contribution in [0.3, 0.4) is 0 Å². The zero-order chi connectivity index (χ0) is 21.3. The fraction of sp³-hybridized carbons (Fsp3) is 0.400. The highest BCUT2D eigenvalue weighted by Crippen LogP contribution is 2.31. The molecule has 0 amide bonds. The Balaban J connectivity index is 1.75. The van der Waals surface area contributed by atoms with E-state index in [1.807, 2.05) is 26.0 Å². The summed E-state index contributed by atoms with van der Waals surface area (Å²) in [6, 6.07) is 9.10.